The van der Waals surface area contributed by atoms with Gasteiger partial charge in [0.15, 0.2) is 11.5 Å². The number of H-pyrrole nitrogens is 1. The molecule has 3 aromatic rings. The minimum atomic E-state index is -4.54. The second kappa shape index (κ2) is 6.27. The fraction of sp³-hybridized carbons (Fsp3) is 0.438. The Balaban J connectivity index is 1.80. The lowest BCUT2D eigenvalue weighted by Crippen LogP contribution is -2.30. The molecule has 0 amide bonds. The summed E-state index contributed by atoms with van der Waals surface area (Å²) in [5, 5.41) is 18.0. The number of halogens is 3. The largest absolute Gasteiger partial charge is 0.435 e. The van der Waals surface area contributed by atoms with Gasteiger partial charge in [0, 0.05) is 35.3 Å². The fourth-order valence-electron chi connectivity index (χ4n) is 3.43. The van der Waals surface area contributed by atoms with Gasteiger partial charge >= 0.3 is 6.18 Å². The average Bonchev–Trinajstić information content (AvgIpc) is 3.34. The topological polar surface area (TPSA) is 76.3 Å². The first kappa shape index (κ1) is 16.8. The van der Waals surface area contributed by atoms with E-state index in [0.717, 1.165) is 25.9 Å². The van der Waals surface area contributed by atoms with Crippen molar-refractivity contribution < 1.29 is 13.2 Å². The van der Waals surface area contributed by atoms with Crippen LogP contribution in [0.5, 0.6) is 0 Å². The molecule has 138 valence electrons. The maximum Gasteiger partial charge on any atom is 0.435 e. The van der Waals surface area contributed by atoms with Crippen LogP contribution in [0.2, 0.25) is 0 Å². The van der Waals surface area contributed by atoms with Gasteiger partial charge in [-0.2, -0.15) is 28.5 Å². The van der Waals surface area contributed by atoms with Crippen molar-refractivity contribution in [3.63, 3.8) is 0 Å². The van der Waals surface area contributed by atoms with Crippen LogP contribution in [-0.2, 0) is 6.18 Å². The lowest BCUT2D eigenvalue weighted by molar-refractivity contribution is -0.141. The second-order valence-corrected chi connectivity index (χ2v) is 6.34. The molecule has 0 saturated carbocycles. The van der Waals surface area contributed by atoms with Crippen LogP contribution in [0.1, 0.15) is 30.3 Å². The molecular weight excluding hydrogens is 347 g/mol. The van der Waals surface area contributed by atoms with Crippen molar-refractivity contribution in [1.29, 1.82) is 0 Å². The van der Waals surface area contributed by atoms with Crippen molar-refractivity contribution in [2.75, 3.05) is 13.1 Å². The van der Waals surface area contributed by atoms with Crippen LogP contribution < -0.4 is 5.32 Å². The van der Waals surface area contributed by atoms with Crippen molar-refractivity contribution in [3.05, 3.63) is 36.0 Å². The van der Waals surface area contributed by atoms with E-state index >= 15 is 0 Å². The molecule has 10 heteroatoms. The molecule has 0 aliphatic carbocycles. The molecule has 7 nitrogen and oxygen atoms in total. The highest BCUT2D eigenvalue weighted by Gasteiger charge is 2.40. The number of aromatic nitrogens is 6. The zero-order valence-electron chi connectivity index (χ0n) is 14.1. The Kier molecular flexibility index (Phi) is 4.06. The summed E-state index contributed by atoms with van der Waals surface area (Å²) in [6.45, 7) is 3.24. The van der Waals surface area contributed by atoms with Crippen molar-refractivity contribution in [1.82, 2.24) is 35.1 Å². The maximum absolute atomic E-state index is 13.6. The molecule has 0 unspecified atom stereocenters. The molecule has 0 atom stereocenters. The van der Waals surface area contributed by atoms with E-state index in [4.69, 9.17) is 0 Å². The van der Waals surface area contributed by atoms with Crippen LogP contribution in [-0.4, -0.2) is 42.8 Å². The summed E-state index contributed by atoms with van der Waals surface area (Å²) >= 11 is 0. The van der Waals surface area contributed by atoms with Gasteiger partial charge in [0.05, 0.1) is 12.2 Å². The van der Waals surface area contributed by atoms with E-state index in [0.29, 0.717) is 17.1 Å². The van der Waals surface area contributed by atoms with Gasteiger partial charge in [-0.1, -0.05) is 0 Å². The monoisotopic (exact) mass is 365 g/mol. The summed E-state index contributed by atoms with van der Waals surface area (Å²) in [4.78, 5) is 0. The highest BCUT2D eigenvalue weighted by molar-refractivity contribution is 5.68. The van der Waals surface area contributed by atoms with Gasteiger partial charge in [0.1, 0.15) is 0 Å². The van der Waals surface area contributed by atoms with E-state index < -0.39 is 11.9 Å². The van der Waals surface area contributed by atoms with Crippen LogP contribution in [0.15, 0.2) is 24.7 Å². The normalized spacial score (nSPS) is 16.3. The third-order valence-corrected chi connectivity index (χ3v) is 4.67. The Bertz CT molecular complexity index is 886. The number of nitrogens with one attached hydrogen (secondary N) is 2. The summed E-state index contributed by atoms with van der Waals surface area (Å²) in [6, 6.07) is 1.65. The first-order valence-electron chi connectivity index (χ1n) is 8.37. The number of rotatable bonds is 3. The van der Waals surface area contributed by atoms with E-state index in [1.165, 1.54) is 15.6 Å². The smallest absolute Gasteiger partial charge is 0.317 e. The minimum absolute atomic E-state index is 0.0347. The Labute approximate surface area is 147 Å². The third-order valence-electron chi connectivity index (χ3n) is 4.67. The molecule has 4 rings (SSSR count). The highest BCUT2D eigenvalue weighted by atomic mass is 19.4. The molecule has 0 bridgehead atoms. The molecule has 0 aromatic carbocycles. The predicted molar refractivity (Wildman–Crippen MR) is 87.8 cm³/mol. The lowest BCUT2D eigenvalue weighted by Gasteiger charge is -2.24. The Morgan fingerprint density at radius 2 is 2.00 bits per heavy atom. The number of piperidine rings is 1. The molecule has 1 saturated heterocycles. The number of nitrogens with zero attached hydrogens (tertiary/aromatic N) is 5. The zero-order valence-corrected chi connectivity index (χ0v) is 14.1. The van der Waals surface area contributed by atoms with Crippen LogP contribution in [0.4, 0.5) is 13.2 Å². The maximum atomic E-state index is 13.6. The summed E-state index contributed by atoms with van der Waals surface area (Å²) in [7, 11) is 0. The Morgan fingerprint density at radius 3 is 2.65 bits per heavy atom. The standard InChI is InChI=1S/C16H18F3N7/c1-10-14(11-8-22-25(9-11)13-4-7-21-23-13)15(16(17,18)19)24-26(10)12-2-5-20-6-3-12/h4,7-9,12,20H,2-3,5-6H2,1H3,(H,21,23). The van der Waals surface area contributed by atoms with Gasteiger partial charge < -0.3 is 5.32 Å². The number of hydrogen-bond acceptors (Lipinski definition) is 4. The van der Waals surface area contributed by atoms with Gasteiger partial charge in [0.2, 0.25) is 0 Å². The zero-order chi connectivity index (χ0) is 18.3. The van der Waals surface area contributed by atoms with Gasteiger partial charge in [-0.05, 0) is 32.9 Å². The highest BCUT2D eigenvalue weighted by Crippen LogP contribution is 2.39. The van der Waals surface area contributed by atoms with Crippen molar-refractivity contribution in [2.45, 2.75) is 32.0 Å². The fourth-order valence-corrected chi connectivity index (χ4v) is 3.43. The summed E-state index contributed by atoms with van der Waals surface area (Å²) in [5.74, 6) is 0.508. The van der Waals surface area contributed by atoms with Crippen LogP contribution >= 0.6 is 0 Å². The van der Waals surface area contributed by atoms with Crippen LogP contribution in [0, 0.1) is 6.92 Å². The number of aromatic amines is 1. The van der Waals surface area contributed by atoms with Crippen molar-refractivity contribution in [2.24, 2.45) is 0 Å². The lowest BCUT2D eigenvalue weighted by atomic mass is 10.0. The average molecular weight is 365 g/mol. The van der Waals surface area contributed by atoms with Crippen molar-refractivity contribution in [3.8, 4) is 16.9 Å². The third kappa shape index (κ3) is 2.90. The summed E-state index contributed by atoms with van der Waals surface area (Å²) < 4.78 is 43.9. The first-order chi connectivity index (χ1) is 12.4. The number of hydrogen-bond donors (Lipinski definition) is 2. The van der Waals surface area contributed by atoms with E-state index in [-0.39, 0.29) is 11.6 Å². The van der Waals surface area contributed by atoms with Gasteiger partial charge in [-0.3, -0.25) is 9.78 Å². The summed E-state index contributed by atoms with van der Waals surface area (Å²) in [6.07, 6.45) is 1.56. The van der Waals surface area contributed by atoms with E-state index in [9.17, 15) is 13.2 Å². The summed E-state index contributed by atoms with van der Waals surface area (Å²) in [5.41, 5.74) is 0.0942. The molecule has 3 aromatic heterocycles. The Morgan fingerprint density at radius 1 is 1.23 bits per heavy atom. The molecule has 4 heterocycles. The second-order valence-electron chi connectivity index (χ2n) is 6.34. The molecule has 0 radical (unpaired) electrons. The van der Waals surface area contributed by atoms with E-state index in [1.807, 2.05) is 0 Å². The first-order valence-corrected chi connectivity index (χ1v) is 8.37. The predicted octanol–water partition coefficient (Wildman–Crippen LogP) is 2.71. The van der Waals surface area contributed by atoms with Crippen LogP contribution in [0.3, 0.4) is 0 Å². The Hall–Kier alpha value is -2.62. The molecule has 2 N–H and O–H groups in total. The van der Waals surface area contributed by atoms with Crippen LogP contribution in [0.25, 0.3) is 16.9 Å². The van der Waals surface area contributed by atoms with E-state index in [2.05, 4.69) is 25.7 Å². The van der Waals surface area contributed by atoms with Crippen molar-refractivity contribution >= 4 is 0 Å². The molecule has 0 spiro atoms. The molecule has 1 aliphatic heterocycles. The molecule has 1 fully saturated rings. The number of alkyl halides is 3. The minimum Gasteiger partial charge on any atom is -0.317 e. The van der Waals surface area contributed by atoms with E-state index in [1.54, 1.807) is 25.4 Å². The molecule has 1 aliphatic rings. The van der Waals surface area contributed by atoms with Gasteiger partial charge in [0.25, 0.3) is 0 Å². The van der Waals surface area contributed by atoms with Gasteiger partial charge in [-0.15, -0.1) is 0 Å². The molecular formula is C16H18F3N7. The quantitative estimate of drug-likeness (QED) is 0.748. The van der Waals surface area contributed by atoms with Gasteiger partial charge in [-0.25, -0.2) is 4.68 Å². The molecule has 26 heavy (non-hydrogen) atoms. The SMILES string of the molecule is Cc1c(-c2cnn(-c3cc[nH]n3)c2)c(C(F)(F)F)nn1C1CCNCC1.